The van der Waals surface area contributed by atoms with Crippen molar-refractivity contribution in [2.75, 3.05) is 0 Å². The molecule has 23 heavy (non-hydrogen) atoms. The summed E-state index contributed by atoms with van der Waals surface area (Å²) in [5.41, 5.74) is 0. The van der Waals surface area contributed by atoms with E-state index >= 15 is 0 Å². The van der Waals surface area contributed by atoms with Crippen LogP contribution < -0.4 is 0 Å². The van der Waals surface area contributed by atoms with Crippen LogP contribution in [0.2, 0.25) is 13.3 Å². The Labute approximate surface area is 150 Å². The molecule has 0 aromatic rings. The number of unbranched alkanes of at least 4 members (excludes halogenated alkanes) is 3. The molecule has 0 aliphatic carbocycles. The molecule has 0 aliphatic rings. The Morgan fingerprint density at radius 3 is 1.83 bits per heavy atom. The summed E-state index contributed by atoms with van der Waals surface area (Å²) in [5.74, 6) is 6.28. The average molecular weight is 427 g/mol. The fourth-order valence-electron chi connectivity index (χ4n) is 3.09. The quantitative estimate of drug-likeness (QED) is 0.269. The second-order valence-corrected chi connectivity index (χ2v) is 20.1. The van der Waals surface area contributed by atoms with Crippen molar-refractivity contribution in [3.05, 3.63) is 10.2 Å². The summed E-state index contributed by atoms with van der Waals surface area (Å²) in [6.07, 6.45) is 10.7. The summed E-state index contributed by atoms with van der Waals surface area (Å²) in [4.78, 5) is 0. The van der Waals surface area contributed by atoms with Gasteiger partial charge in [-0.25, -0.2) is 0 Å². The van der Waals surface area contributed by atoms with E-state index in [2.05, 4.69) is 49.7 Å². The van der Waals surface area contributed by atoms with Crippen LogP contribution in [-0.4, -0.2) is 29.6 Å². The third kappa shape index (κ3) is 10.5. The molecular weight excluding hydrogens is 387 g/mol. The second kappa shape index (κ2) is 14.4. The maximum atomic E-state index is 10.5. The van der Waals surface area contributed by atoms with Gasteiger partial charge in [0.1, 0.15) is 0 Å². The third-order valence-corrected chi connectivity index (χ3v) is 19.0. The standard InChI is InChI=1S/C9H13O.3C4H9.Sn/c1-4-6-7-8(3)9(10)5-2;3*1-3-4-2;/h2,5,8-10H,7H2,1,3H3;3*1,3-4H2,2H3;. The van der Waals surface area contributed by atoms with E-state index in [1.165, 1.54) is 51.8 Å². The Morgan fingerprint density at radius 1 is 0.957 bits per heavy atom. The number of aliphatic hydroxyl groups is 1. The molecule has 1 N–H and O–H groups in total. The Balaban J connectivity index is 5.02. The fourth-order valence-corrected chi connectivity index (χ4v) is 17.4. The van der Waals surface area contributed by atoms with Gasteiger partial charge >= 0.3 is 150 Å². The van der Waals surface area contributed by atoms with Crippen LogP contribution in [-0.2, 0) is 0 Å². The van der Waals surface area contributed by atoms with E-state index in [0.29, 0.717) is 0 Å². The molecule has 0 bridgehead atoms. The Kier molecular flexibility index (Phi) is 14.4. The first-order valence-electron chi connectivity index (χ1n) is 9.82. The topological polar surface area (TPSA) is 20.2 Å². The first-order valence-corrected chi connectivity index (χ1v) is 17.5. The van der Waals surface area contributed by atoms with Gasteiger partial charge in [-0.05, 0) is 0 Å². The van der Waals surface area contributed by atoms with Gasteiger partial charge in [0, 0.05) is 0 Å². The zero-order valence-electron chi connectivity index (χ0n) is 16.3. The van der Waals surface area contributed by atoms with E-state index in [-0.39, 0.29) is 12.0 Å². The normalized spacial score (nSPS) is 14.5. The van der Waals surface area contributed by atoms with Gasteiger partial charge in [0.05, 0.1) is 0 Å². The summed E-state index contributed by atoms with van der Waals surface area (Å²) in [7, 11) is 0. The minimum absolute atomic E-state index is 0.242. The number of hydrogen-bond acceptors (Lipinski definition) is 1. The molecule has 0 aromatic carbocycles. The van der Waals surface area contributed by atoms with E-state index in [1.54, 1.807) is 0 Å². The Bertz CT molecular complexity index is 342. The first kappa shape index (κ1) is 23.1. The molecule has 0 saturated heterocycles. The first-order chi connectivity index (χ1) is 11.0. The van der Waals surface area contributed by atoms with E-state index < -0.39 is 18.4 Å². The third-order valence-electron chi connectivity index (χ3n) is 4.92. The monoisotopic (exact) mass is 428 g/mol. The van der Waals surface area contributed by atoms with Crippen LogP contribution in [0.5, 0.6) is 0 Å². The summed E-state index contributed by atoms with van der Waals surface area (Å²) >= 11 is -2.23. The van der Waals surface area contributed by atoms with Crippen LogP contribution >= 0.6 is 0 Å². The molecule has 0 fully saturated rings. The summed E-state index contributed by atoms with van der Waals surface area (Å²) in [6.45, 7) is 10.9. The molecule has 0 radical (unpaired) electrons. The van der Waals surface area contributed by atoms with E-state index in [4.69, 9.17) is 0 Å². The van der Waals surface area contributed by atoms with Crippen LogP contribution in [0.1, 0.15) is 79.6 Å². The van der Waals surface area contributed by atoms with E-state index in [0.717, 1.165) is 6.42 Å². The fraction of sp³-hybridized carbons (Fsp3) is 0.810. The second-order valence-electron chi connectivity index (χ2n) is 7.13. The molecule has 0 rings (SSSR count). The molecule has 0 heterocycles. The zero-order chi connectivity index (χ0) is 17.6. The maximum absolute atomic E-state index is 10.5. The molecule has 0 aromatic heterocycles. The molecule has 1 nitrogen and oxygen atoms in total. The van der Waals surface area contributed by atoms with Crippen LogP contribution in [0.3, 0.4) is 0 Å². The van der Waals surface area contributed by atoms with E-state index in [1.807, 2.05) is 6.92 Å². The molecule has 2 atom stereocenters. The van der Waals surface area contributed by atoms with Gasteiger partial charge in [0.15, 0.2) is 0 Å². The van der Waals surface area contributed by atoms with Crippen molar-refractivity contribution in [3.8, 4) is 11.8 Å². The van der Waals surface area contributed by atoms with Crippen molar-refractivity contribution in [3.63, 3.8) is 0 Å². The van der Waals surface area contributed by atoms with Crippen molar-refractivity contribution >= 4 is 18.4 Å². The average Bonchev–Trinajstić information content (AvgIpc) is 2.58. The molecule has 0 amide bonds. The van der Waals surface area contributed by atoms with E-state index in [9.17, 15) is 5.11 Å². The van der Waals surface area contributed by atoms with Gasteiger partial charge < -0.3 is 0 Å². The van der Waals surface area contributed by atoms with Gasteiger partial charge in [-0.2, -0.15) is 0 Å². The van der Waals surface area contributed by atoms with Crippen molar-refractivity contribution in [2.24, 2.45) is 5.92 Å². The van der Waals surface area contributed by atoms with Crippen LogP contribution in [0.15, 0.2) is 10.2 Å². The molecular formula is C21H40OSn. The van der Waals surface area contributed by atoms with Gasteiger partial charge in [-0.15, -0.1) is 0 Å². The zero-order valence-corrected chi connectivity index (χ0v) is 19.2. The summed E-state index contributed by atoms with van der Waals surface area (Å²) < 4.78 is 6.99. The number of hydrogen-bond donors (Lipinski definition) is 1. The Morgan fingerprint density at radius 2 is 1.43 bits per heavy atom. The van der Waals surface area contributed by atoms with Crippen molar-refractivity contribution in [2.45, 2.75) is 99.0 Å². The molecule has 0 saturated carbocycles. The van der Waals surface area contributed by atoms with Crippen LogP contribution in [0, 0.1) is 17.8 Å². The molecule has 2 heteroatoms. The van der Waals surface area contributed by atoms with Crippen molar-refractivity contribution < 1.29 is 5.11 Å². The molecule has 0 spiro atoms. The summed E-state index contributed by atoms with van der Waals surface area (Å²) in [6, 6.07) is 0. The van der Waals surface area contributed by atoms with Gasteiger partial charge in [0.25, 0.3) is 0 Å². The van der Waals surface area contributed by atoms with Crippen LogP contribution in [0.25, 0.3) is 0 Å². The van der Waals surface area contributed by atoms with Crippen LogP contribution in [0.4, 0.5) is 0 Å². The van der Waals surface area contributed by atoms with Gasteiger partial charge in [0.2, 0.25) is 0 Å². The van der Waals surface area contributed by atoms with Gasteiger partial charge in [-0.3, -0.25) is 0 Å². The summed E-state index contributed by atoms with van der Waals surface area (Å²) in [5, 5.41) is 10.5. The Hall–Kier alpha value is 0.0587. The SMILES string of the molecule is CC#CCC(C)C(O)/C=[CH]/[Sn]([CH2]CCC)([CH2]CCC)[CH2]CCC. The molecule has 134 valence electrons. The predicted octanol–water partition coefficient (Wildman–Crippen LogP) is 6.34. The molecule has 2 unspecified atom stereocenters. The minimum atomic E-state index is -2.23. The van der Waals surface area contributed by atoms with Crippen molar-refractivity contribution in [1.29, 1.82) is 0 Å². The molecule has 0 aliphatic heterocycles. The van der Waals surface area contributed by atoms with Crippen molar-refractivity contribution in [1.82, 2.24) is 0 Å². The predicted molar refractivity (Wildman–Crippen MR) is 107 cm³/mol. The number of rotatable bonds is 13. The number of aliphatic hydroxyl groups excluding tert-OH is 1. The van der Waals surface area contributed by atoms with Gasteiger partial charge in [-0.1, -0.05) is 0 Å².